The Labute approximate surface area is 84.5 Å². The van der Waals surface area contributed by atoms with Gasteiger partial charge in [0.25, 0.3) is 0 Å². The monoisotopic (exact) mass is 189 g/mol. The van der Waals surface area contributed by atoms with Crippen molar-refractivity contribution >= 4 is 6.29 Å². The highest BCUT2D eigenvalue weighted by Crippen LogP contribution is 2.31. The van der Waals surface area contributed by atoms with Crippen LogP contribution in [0.25, 0.3) is 0 Å². The highest BCUT2D eigenvalue weighted by molar-refractivity contribution is 5.69. The highest BCUT2D eigenvalue weighted by Gasteiger charge is 2.37. The molecule has 2 nitrogen and oxygen atoms in total. The van der Waals surface area contributed by atoms with E-state index in [1.54, 1.807) is 0 Å². The first kappa shape index (κ1) is 9.41. The molecule has 1 aliphatic heterocycles. The Morgan fingerprint density at radius 1 is 1.36 bits per heavy atom. The van der Waals surface area contributed by atoms with Gasteiger partial charge in [-0.2, -0.15) is 0 Å². The average molecular weight is 189 g/mol. The van der Waals surface area contributed by atoms with Crippen LogP contribution in [0.3, 0.4) is 0 Å². The van der Waals surface area contributed by atoms with E-state index < -0.39 is 0 Å². The van der Waals surface area contributed by atoms with Crippen LogP contribution in [0.15, 0.2) is 30.3 Å². The van der Waals surface area contributed by atoms with Gasteiger partial charge in [0, 0.05) is 6.54 Å². The number of carbonyl (C=O) groups excluding carboxylic acids is 1. The van der Waals surface area contributed by atoms with E-state index in [-0.39, 0.29) is 5.41 Å². The Hall–Kier alpha value is -1.15. The lowest BCUT2D eigenvalue weighted by atomic mass is 9.81. The molecule has 2 rings (SSSR count). The molecule has 0 bridgehead atoms. The molecule has 74 valence electrons. The van der Waals surface area contributed by atoms with Gasteiger partial charge in [-0.15, -0.1) is 0 Å². The van der Waals surface area contributed by atoms with Gasteiger partial charge in [0.2, 0.25) is 0 Å². The summed E-state index contributed by atoms with van der Waals surface area (Å²) >= 11 is 0. The summed E-state index contributed by atoms with van der Waals surface area (Å²) in [5.41, 5.74) is 0.898. The fraction of sp³-hybridized carbons (Fsp3) is 0.417. The summed E-state index contributed by atoms with van der Waals surface area (Å²) < 4.78 is 0. The molecule has 14 heavy (non-hydrogen) atoms. The third kappa shape index (κ3) is 1.46. The number of hydrogen-bond acceptors (Lipinski definition) is 2. The summed E-state index contributed by atoms with van der Waals surface area (Å²) in [5, 5.41) is 0. The van der Waals surface area contributed by atoms with Gasteiger partial charge >= 0.3 is 0 Å². The average Bonchev–Trinajstić information content (AvgIpc) is 2.63. The van der Waals surface area contributed by atoms with Gasteiger partial charge in [0.15, 0.2) is 0 Å². The maximum atomic E-state index is 11.2. The summed E-state index contributed by atoms with van der Waals surface area (Å²) in [4.78, 5) is 13.5. The van der Waals surface area contributed by atoms with Crippen LogP contribution in [-0.2, 0) is 10.2 Å². The van der Waals surface area contributed by atoms with Crippen molar-refractivity contribution in [1.29, 1.82) is 0 Å². The molecule has 0 aromatic heterocycles. The number of carbonyl (C=O) groups is 1. The summed E-state index contributed by atoms with van der Waals surface area (Å²) in [7, 11) is 2.06. The third-order valence-corrected chi connectivity index (χ3v) is 3.07. The largest absolute Gasteiger partial charge is 0.305 e. The molecule has 0 radical (unpaired) electrons. The number of hydrogen-bond donors (Lipinski definition) is 0. The van der Waals surface area contributed by atoms with Crippen molar-refractivity contribution in [2.75, 3.05) is 20.1 Å². The first-order valence-corrected chi connectivity index (χ1v) is 4.97. The predicted octanol–water partition coefficient (Wildman–Crippen LogP) is 1.46. The second-order valence-electron chi connectivity index (χ2n) is 4.13. The zero-order chi connectivity index (χ0) is 10.0. The van der Waals surface area contributed by atoms with Crippen LogP contribution in [0.4, 0.5) is 0 Å². The van der Waals surface area contributed by atoms with E-state index in [9.17, 15) is 4.79 Å². The fourth-order valence-electron chi connectivity index (χ4n) is 2.20. The first-order chi connectivity index (χ1) is 6.77. The van der Waals surface area contributed by atoms with Crippen molar-refractivity contribution in [2.45, 2.75) is 11.8 Å². The fourth-order valence-corrected chi connectivity index (χ4v) is 2.20. The lowest BCUT2D eigenvalue weighted by Crippen LogP contribution is -2.31. The van der Waals surface area contributed by atoms with E-state index in [0.29, 0.717) is 0 Å². The van der Waals surface area contributed by atoms with Crippen LogP contribution in [0, 0.1) is 0 Å². The molecule has 1 heterocycles. The number of nitrogens with zero attached hydrogens (tertiary/aromatic N) is 1. The van der Waals surface area contributed by atoms with Gasteiger partial charge in [-0.05, 0) is 25.6 Å². The van der Waals surface area contributed by atoms with E-state index in [0.717, 1.165) is 31.4 Å². The van der Waals surface area contributed by atoms with Crippen molar-refractivity contribution in [3.8, 4) is 0 Å². The zero-order valence-corrected chi connectivity index (χ0v) is 8.44. The minimum Gasteiger partial charge on any atom is -0.305 e. The number of benzene rings is 1. The second kappa shape index (κ2) is 3.54. The molecule has 1 fully saturated rings. The molecular formula is C12H15NO. The highest BCUT2D eigenvalue weighted by atomic mass is 16.1. The third-order valence-electron chi connectivity index (χ3n) is 3.07. The van der Waals surface area contributed by atoms with Crippen LogP contribution in [-0.4, -0.2) is 31.3 Å². The number of rotatable bonds is 2. The smallest absolute Gasteiger partial charge is 0.131 e. The van der Waals surface area contributed by atoms with E-state index in [4.69, 9.17) is 0 Å². The van der Waals surface area contributed by atoms with Crippen molar-refractivity contribution in [2.24, 2.45) is 0 Å². The maximum absolute atomic E-state index is 11.2. The Balaban J connectivity index is 2.34. The van der Waals surface area contributed by atoms with Gasteiger partial charge in [-0.3, -0.25) is 0 Å². The lowest BCUT2D eigenvalue weighted by Gasteiger charge is -2.22. The molecule has 0 N–H and O–H groups in total. The number of likely N-dealkylation sites (N-methyl/N-ethyl adjacent to an activating group) is 1. The van der Waals surface area contributed by atoms with Gasteiger partial charge in [-0.25, -0.2) is 0 Å². The van der Waals surface area contributed by atoms with Crippen LogP contribution < -0.4 is 0 Å². The quantitative estimate of drug-likeness (QED) is 0.656. The van der Waals surface area contributed by atoms with E-state index >= 15 is 0 Å². The Morgan fingerprint density at radius 2 is 2.07 bits per heavy atom. The van der Waals surface area contributed by atoms with E-state index in [1.807, 2.05) is 30.3 Å². The minimum absolute atomic E-state index is 0.254. The maximum Gasteiger partial charge on any atom is 0.131 e. The van der Waals surface area contributed by atoms with E-state index in [1.165, 1.54) is 0 Å². The van der Waals surface area contributed by atoms with Crippen LogP contribution in [0.5, 0.6) is 0 Å². The van der Waals surface area contributed by atoms with E-state index in [2.05, 4.69) is 11.9 Å². The normalized spacial score (nSPS) is 27.8. The molecular weight excluding hydrogens is 174 g/mol. The van der Waals surface area contributed by atoms with Crippen molar-refractivity contribution < 1.29 is 4.79 Å². The second-order valence-corrected chi connectivity index (χ2v) is 4.13. The minimum atomic E-state index is -0.254. The van der Waals surface area contributed by atoms with Crippen molar-refractivity contribution in [3.63, 3.8) is 0 Å². The summed E-state index contributed by atoms with van der Waals surface area (Å²) in [6, 6.07) is 10.1. The molecule has 0 amide bonds. The van der Waals surface area contributed by atoms with Gasteiger partial charge < -0.3 is 9.69 Å². The summed E-state index contributed by atoms with van der Waals surface area (Å²) in [6.07, 6.45) is 2.06. The molecule has 1 atom stereocenters. The summed E-state index contributed by atoms with van der Waals surface area (Å²) in [5.74, 6) is 0. The molecule has 0 spiro atoms. The zero-order valence-electron chi connectivity index (χ0n) is 8.44. The molecule has 1 saturated heterocycles. The molecule has 1 unspecified atom stereocenters. The molecule has 1 aliphatic rings. The predicted molar refractivity (Wildman–Crippen MR) is 56.3 cm³/mol. The Kier molecular flexibility index (Phi) is 2.38. The van der Waals surface area contributed by atoms with Crippen LogP contribution in [0.2, 0.25) is 0 Å². The standard InChI is InChI=1S/C12H15NO/c1-13-8-7-12(9-13,10-14)11-5-3-2-4-6-11/h2-6,10H,7-9H2,1H3. The molecule has 2 heteroatoms. The van der Waals surface area contributed by atoms with Gasteiger partial charge in [0.1, 0.15) is 6.29 Å². The molecule has 0 aliphatic carbocycles. The van der Waals surface area contributed by atoms with Gasteiger partial charge in [0.05, 0.1) is 5.41 Å². The Bertz CT molecular complexity index is 322. The first-order valence-electron chi connectivity index (χ1n) is 4.97. The summed E-state index contributed by atoms with van der Waals surface area (Å²) in [6.45, 7) is 1.86. The molecule has 0 saturated carbocycles. The number of aldehydes is 1. The lowest BCUT2D eigenvalue weighted by molar-refractivity contribution is -0.112. The van der Waals surface area contributed by atoms with Crippen LogP contribution >= 0.6 is 0 Å². The molecule has 1 aromatic carbocycles. The number of likely N-dealkylation sites (tertiary alicyclic amines) is 1. The topological polar surface area (TPSA) is 20.3 Å². The molecule has 1 aromatic rings. The van der Waals surface area contributed by atoms with Gasteiger partial charge in [-0.1, -0.05) is 30.3 Å². The SMILES string of the molecule is CN1CCC(C=O)(c2ccccc2)C1. The van der Waals surface area contributed by atoms with Crippen molar-refractivity contribution in [1.82, 2.24) is 4.90 Å². The van der Waals surface area contributed by atoms with Crippen molar-refractivity contribution in [3.05, 3.63) is 35.9 Å². The van der Waals surface area contributed by atoms with Crippen LogP contribution in [0.1, 0.15) is 12.0 Å². The Morgan fingerprint density at radius 3 is 2.57 bits per heavy atom.